The highest BCUT2D eigenvalue weighted by molar-refractivity contribution is 14.0. The summed E-state index contributed by atoms with van der Waals surface area (Å²) in [5, 5.41) is 4.66. The number of benzene rings is 1. The van der Waals surface area contributed by atoms with E-state index in [-0.39, 0.29) is 24.0 Å². The summed E-state index contributed by atoms with van der Waals surface area (Å²) in [6.07, 6.45) is 2.07. The summed E-state index contributed by atoms with van der Waals surface area (Å²) in [5.74, 6) is 1.60. The number of nitrogens with zero attached hydrogens (tertiary/aromatic N) is 2. The van der Waals surface area contributed by atoms with Gasteiger partial charge in [0.25, 0.3) is 0 Å². The number of guanidine groups is 1. The topological polar surface area (TPSA) is 52.7 Å². The Bertz CT molecular complexity index is 646. The summed E-state index contributed by atoms with van der Waals surface area (Å²) >= 11 is 0. The van der Waals surface area contributed by atoms with Crippen molar-refractivity contribution >= 4 is 40.8 Å². The number of hydrogen-bond donors (Lipinski definition) is 2. The molecule has 1 atom stereocenters. The molecule has 0 aliphatic carbocycles. The molecule has 1 unspecified atom stereocenters. The van der Waals surface area contributed by atoms with Crippen molar-refractivity contribution in [3.63, 3.8) is 0 Å². The zero-order valence-electron chi connectivity index (χ0n) is 15.1. The van der Waals surface area contributed by atoms with Gasteiger partial charge in [-0.05, 0) is 30.9 Å². The van der Waals surface area contributed by atoms with Gasteiger partial charge in [0, 0.05) is 56.8 Å². The second-order valence-electron chi connectivity index (χ2n) is 6.48. The van der Waals surface area contributed by atoms with Crippen LogP contribution in [0.2, 0.25) is 0 Å². The molecule has 138 valence electrons. The third-order valence-electron chi connectivity index (χ3n) is 4.48. The number of nitrogens with one attached hydrogen (secondary N) is 2. The predicted molar refractivity (Wildman–Crippen MR) is 115 cm³/mol. The Morgan fingerprint density at radius 1 is 1.40 bits per heavy atom. The molecule has 0 amide bonds. The number of aliphatic imine (C=N–C) groups is 1. The van der Waals surface area contributed by atoms with E-state index < -0.39 is 0 Å². The first-order valence-corrected chi connectivity index (χ1v) is 8.90. The summed E-state index contributed by atoms with van der Waals surface area (Å²) in [4.78, 5) is 10.5. The number of H-pyrrole nitrogens is 1. The maximum absolute atomic E-state index is 5.47. The largest absolute Gasteiger partial charge is 0.381 e. The molecule has 0 radical (unpaired) electrons. The van der Waals surface area contributed by atoms with Gasteiger partial charge in [0.15, 0.2) is 5.96 Å². The van der Waals surface area contributed by atoms with Crippen LogP contribution in [0.1, 0.15) is 19.0 Å². The summed E-state index contributed by atoms with van der Waals surface area (Å²) in [6, 6.07) is 10.6. The molecule has 25 heavy (non-hydrogen) atoms. The van der Waals surface area contributed by atoms with E-state index in [1.54, 1.807) is 0 Å². The molecule has 2 aromatic rings. The number of fused-ring (bicyclic) bond motifs is 1. The van der Waals surface area contributed by atoms with Crippen molar-refractivity contribution in [3.05, 3.63) is 36.0 Å². The van der Waals surface area contributed by atoms with Gasteiger partial charge in [0.1, 0.15) is 0 Å². The Labute approximate surface area is 167 Å². The fraction of sp³-hybridized carbons (Fsp3) is 0.526. The fourth-order valence-electron chi connectivity index (χ4n) is 3.22. The molecule has 2 heterocycles. The number of rotatable bonds is 6. The second kappa shape index (κ2) is 10.0. The van der Waals surface area contributed by atoms with Gasteiger partial charge in [0.05, 0.1) is 6.61 Å². The maximum Gasteiger partial charge on any atom is 0.193 e. The lowest BCUT2D eigenvalue weighted by Crippen LogP contribution is -2.41. The molecular weight excluding hydrogens is 427 g/mol. The van der Waals surface area contributed by atoms with Gasteiger partial charge in [-0.1, -0.05) is 18.2 Å². The van der Waals surface area contributed by atoms with E-state index in [1.807, 2.05) is 0 Å². The fourth-order valence-corrected chi connectivity index (χ4v) is 3.22. The second-order valence-corrected chi connectivity index (χ2v) is 6.48. The smallest absolute Gasteiger partial charge is 0.193 e. The van der Waals surface area contributed by atoms with Gasteiger partial charge < -0.3 is 19.9 Å². The third-order valence-corrected chi connectivity index (χ3v) is 4.48. The van der Waals surface area contributed by atoms with E-state index in [0.717, 1.165) is 51.6 Å². The van der Waals surface area contributed by atoms with Crippen molar-refractivity contribution < 1.29 is 4.74 Å². The summed E-state index contributed by atoms with van der Waals surface area (Å²) < 4.78 is 5.47. The van der Waals surface area contributed by atoms with Crippen LogP contribution in [0.15, 0.2) is 35.3 Å². The van der Waals surface area contributed by atoms with Crippen LogP contribution in [0.5, 0.6) is 0 Å². The SMILES string of the molecule is CCNC(=NCCc1cc2ccccc2[nH]1)N(C)CC1CCOC1.I. The number of para-hydroxylation sites is 1. The highest BCUT2D eigenvalue weighted by Gasteiger charge is 2.18. The molecule has 0 bridgehead atoms. The molecule has 0 spiro atoms. The third kappa shape index (κ3) is 5.60. The van der Waals surface area contributed by atoms with Crippen LogP contribution in [0.3, 0.4) is 0 Å². The van der Waals surface area contributed by atoms with E-state index in [4.69, 9.17) is 9.73 Å². The zero-order chi connectivity index (χ0) is 16.8. The van der Waals surface area contributed by atoms with Crippen molar-refractivity contribution in [3.8, 4) is 0 Å². The lowest BCUT2D eigenvalue weighted by Gasteiger charge is -2.24. The lowest BCUT2D eigenvalue weighted by atomic mass is 10.1. The quantitative estimate of drug-likeness (QED) is 0.399. The number of hydrogen-bond acceptors (Lipinski definition) is 2. The predicted octanol–water partition coefficient (Wildman–Crippen LogP) is 3.26. The van der Waals surface area contributed by atoms with Crippen LogP contribution in [0, 0.1) is 5.92 Å². The highest BCUT2D eigenvalue weighted by Crippen LogP contribution is 2.15. The highest BCUT2D eigenvalue weighted by atomic mass is 127. The van der Waals surface area contributed by atoms with Crippen molar-refractivity contribution in [1.82, 2.24) is 15.2 Å². The van der Waals surface area contributed by atoms with E-state index in [1.165, 1.54) is 16.6 Å². The lowest BCUT2D eigenvalue weighted by molar-refractivity contribution is 0.181. The molecule has 2 N–H and O–H groups in total. The van der Waals surface area contributed by atoms with Crippen molar-refractivity contribution in [2.45, 2.75) is 19.8 Å². The molecule has 1 aliphatic rings. The Morgan fingerprint density at radius 3 is 2.96 bits per heavy atom. The molecule has 3 rings (SSSR count). The Hall–Kier alpha value is -1.28. The number of halogens is 1. The number of ether oxygens (including phenoxy) is 1. The van der Waals surface area contributed by atoms with Gasteiger partial charge in [-0.25, -0.2) is 0 Å². The first kappa shape index (κ1) is 20.0. The van der Waals surface area contributed by atoms with Crippen molar-refractivity contribution in [2.75, 3.05) is 39.9 Å². The minimum absolute atomic E-state index is 0. The molecule has 5 nitrogen and oxygen atoms in total. The van der Waals surface area contributed by atoms with Crippen LogP contribution in [-0.2, 0) is 11.2 Å². The molecule has 1 aromatic heterocycles. The number of aromatic nitrogens is 1. The summed E-state index contributed by atoms with van der Waals surface area (Å²) in [5.41, 5.74) is 2.43. The van der Waals surface area contributed by atoms with Crippen LogP contribution in [0.25, 0.3) is 10.9 Å². The molecular formula is C19H29IN4O. The number of aromatic amines is 1. The minimum Gasteiger partial charge on any atom is -0.381 e. The Morgan fingerprint density at radius 2 is 2.24 bits per heavy atom. The van der Waals surface area contributed by atoms with E-state index in [0.29, 0.717) is 5.92 Å². The van der Waals surface area contributed by atoms with Gasteiger partial charge in [-0.15, -0.1) is 24.0 Å². The Balaban J connectivity index is 0.00000225. The van der Waals surface area contributed by atoms with Crippen molar-refractivity contribution in [2.24, 2.45) is 10.9 Å². The van der Waals surface area contributed by atoms with Crippen LogP contribution < -0.4 is 5.32 Å². The van der Waals surface area contributed by atoms with Gasteiger partial charge in [0.2, 0.25) is 0 Å². The molecule has 6 heteroatoms. The van der Waals surface area contributed by atoms with Crippen LogP contribution in [-0.4, -0.2) is 55.7 Å². The monoisotopic (exact) mass is 456 g/mol. The Kier molecular flexibility index (Phi) is 8.02. The zero-order valence-corrected chi connectivity index (χ0v) is 17.5. The molecule has 1 fully saturated rings. The average Bonchev–Trinajstić information content (AvgIpc) is 3.22. The molecule has 1 aromatic carbocycles. The van der Waals surface area contributed by atoms with Crippen LogP contribution >= 0.6 is 24.0 Å². The van der Waals surface area contributed by atoms with Gasteiger partial charge in [-0.3, -0.25) is 4.99 Å². The van der Waals surface area contributed by atoms with Gasteiger partial charge in [-0.2, -0.15) is 0 Å². The van der Waals surface area contributed by atoms with E-state index in [9.17, 15) is 0 Å². The van der Waals surface area contributed by atoms with Crippen molar-refractivity contribution in [1.29, 1.82) is 0 Å². The van der Waals surface area contributed by atoms with Gasteiger partial charge >= 0.3 is 0 Å². The van der Waals surface area contributed by atoms with E-state index >= 15 is 0 Å². The molecule has 1 saturated heterocycles. The van der Waals surface area contributed by atoms with E-state index in [2.05, 4.69) is 59.5 Å². The molecule has 1 aliphatic heterocycles. The summed E-state index contributed by atoms with van der Waals surface area (Å²) in [7, 11) is 2.11. The molecule has 0 saturated carbocycles. The maximum atomic E-state index is 5.47. The standard InChI is InChI=1S/C19H28N4O.HI/c1-3-20-19(23(2)13-15-9-11-24-14-15)21-10-8-17-12-16-6-4-5-7-18(16)22-17;/h4-7,12,15,22H,3,8-11,13-14H2,1-2H3,(H,20,21);1H. The summed E-state index contributed by atoms with van der Waals surface area (Å²) in [6.45, 7) is 6.54. The first-order valence-electron chi connectivity index (χ1n) is 8.90. The normalized spacial score (nSPS) is 17.5. The average molecular weight is 456 g/mol. The van der Waals surface area contributed by atoms with Crippen LogP contribution in [0.4, 0.5) is 0 Å². The first-order chi connectivity index (χ1) is 11.8. The minimum atomic E-state index is 0.